The van der Waals surface area contributed by atoms with Gasteiger partial charge in [-0.3, -0.25) is 19.7 Å². The fourth-order valence-electron chi connectivity index (χ4n) is 4.32. The Morgan fingerprint density at radius 2 is 2.00 bits per heavy atom. The fourth-order valence-corrected chi connectivity index (χ4v) is 5.37. The minimum Gasteiger partial charge on any atom is -0.326 e. The van der Waals surface area contributed by atoms with Crippen molar-refractivity contribution < 1.29 is 23.6 Å². The Morgan fingerprint density at radius 1 is 1.20 bits per heavy atom. The van der Waals surface area contributed by atoms with Crippen molar-refractivity contribution in [1.29, 1.82) is 0 Å². The maximum atomic E-state index is 13.5. The predicted molar refractivity (Wildman–Crippen MR) is 127 cm³/mol. The van der Waals surface area contributed by atoms with E-state index in [-0.39, 0.29) is 37.0 Å². The number of rotatable bonds is 4. The van der Waals surface area contributed by atoms with Crippen LogP contribution in [0.25, 0.3) is 10.2 Å². The van der Waals surface area contributed by atoms with E-state index < -0.39 is 23.5 Å². The lowest BCUT2D eigenvalue weighted by Crippen LogP contribution is -2.52. The maximum Gasteiger partial charge on any atom is 0.319 e. The average molecular weight is 496 g/mol. The first-order valence-electron chi connectivity index (χ1n) is 11.0. The van der Waals surface area contributed by atoms with Crippen LogP contribution in [0.2, 0.25) is 0 Å². The van der Waals surface area contributed by atoms with Crippen LogP contribution in [0.3, 0.4) is 0 Å². The average Bonchev–Trinajstić information content (AvgIpc) is 3.34. The summed E-state index contributed by atoms with van der Waals surface area (Å²) in [5.41, 5.74) is 1.47. The normalized spacial score (nSPS) is 18.0. The number of aromatic nitrogens is 1. The van der Waals surface area contributed by atoms with Crippen molar-refractivity contribution in [2.45, 2.75) is 44.8 Å². The summed E-state index contributed by atoms with van der Waals surface area (Å²) >= 11 is 1.31. The van der Waals surface area contributed by atoms with E-state index >= 15 is 0 Å². The van der Waals surface area contributed by atoms with Gasteiger partial charge in [0.05, 0.1) is 15.8 Å². The van der Waals surface area contributed by atoms with Gasteiger partial charge in [-0.25, -0.2) is 14.2 Å². The van der Waals surface area contributed by atoms with Crippen molar-refractivity contribution in [3.63, 3.8) is 0 Å². The summed E-state index contributed by atoms with van der Waals surface area (Å²) in [6.45, 7) is 3.82. The summed E-state index contributed by atoms with van der Waals surface area (Å²) in [6, 6.07) is 8.14. The van der Waals surface area contributed by atoms with Crippen molar-refractivity contribution in [2.24, 2.45) is 0 Å². The number of hydrogen-bond acceptors (Lipinski definition) is 6. The first-order chi connectivity index (χ1) is 16.6. The Kier molecular flexibility index (Phi) is 5.51. The van der Waals surface area contributed by atoms with E-state index in [9.17, 15) is 23.6 Å². The molecule has 1 saturated heterocycles. The fraction of sp³-hybridized carbons (Fsp3) is 0.292. The van der Waals surface area contributed by atoms with Crippen molar-refractivity contribution in [3.8, 4) is 0 Å². The Hall–Kier alpha value is -3.86. The Bertz CT molecular complexity index is 1400. The lowest BCUT2D eigenvalue weighted by Gasteiger charge is -2.29. The summed E-state index contributed by atoms with van der Waals surface area (Å²) in [5, 5.41) is 8.57. The number of imide groups is 1. The number of urea groups is 1. The quantitative estimate of drug-likeness (QED) is 0.480. The number of piperidine rings is 1. The molecule has 180 valence electrons. The molecular weight excluding hydrogens is 473 g/mol. The molecule has 2 aliphatic rings. The van der Waals surface area contributed by atoms with Crippen LogP contribution in [0, 0.1) is 5.82 Å². The van der Waals surface area contributed by atoms with Crippen LogP contribution in [0.4, 0.5) is 14.9 Å². The van der Waals surface area contributed by atoms with E-state index in [2.05, 4.69) is 20.9 Å². The number of thiazole rings is 1. The van der Waals surface area contributed by atoms with E-state index in [0.29, 0.717) is 32.0 Å². The standard InChI is InChI=1S/C24H22FN5O4S/c1-24(2,22-27-16-6-3-13(25)10-18(16)35-22)29-23(34)26-14-4-5-15-12(9-14)11-30(21(15)33)17-7-8-19(31)28-20(17)32/h3-6,9-10,17H,7-8,11H2,1-2H3,(H2,26,29,34)(H,28,31,32). The van der Waals surface area contributed by atoms with Gasteiger partial charge >= 0.3 is 6.03 Å². The summed E-state index contributed by atoms with van der Waals surface area (Å²) < 4.78 is 14.2. The molecule has 1 fully saturated rings. The van der Waals surface area contributed by atoms with E-state index in [1.54, 1.807) is 38.1 Å². The van der Waals surface area contributed by atoms with Crippen LogP contribution in [0.15, 0.2) is 36.4 Å². The van der Waals surface area contributed by atoms with Crippen LogP contribution >= 0.6 is 11.3 Å². The number of nitrogens with one attached hydrogen (secondary N) is 3. The topological polar surface area (TPSA) is 120 Å². The van der Waals surface area contributed by atoms with Gasteiger partial charge in [-0.15, -0.1) is 11.3 Å². The number of anilines is 1. The third kappa shape index (κ3) is 4.34. The molecule has 3 heterocycles. The molecule has 11 heteroatoms. The minimum absolute atomic E-state index is 0.183. The molecule has 1 atom stereocenters. The number of benzene rings is 2. The van der Waals surface area contributed by atoms with E-state index in [1.807, 2.05) is 0 Å². The molecule has 5 amide bonds. The molecule has 5 rings (SSSR count). The maximum absolute atomic E-state index is 13.5. The van der Waals surface area contributed by atoms with Gasteiger partial charge in [0.2, 0.25) is 11.8 Å². The van der Waals surface area contributed by atoms with Crippen molar-refractivity contribution in [1.82, 2.24) is 20.5 Å². The minimum atomic E-state index is -0.820. The summed E-state index contributed by atoms with van der Waals surface area (Å²) in [6.07, 6.45) is 0.467. The van der Waals surface area contributed by atoms with Gasteiger partial charge in [0.25, 0.3) is 5.91 Å². The number of carbonyl (C=O) groups is 4. The van der Waals surface area contributed by atoms with Gasteiger partial charge in [-0.2, -0.15) is 0 Å². The number of halogens is 1. The smallest absolute Gasteiger partial charge is 0.319 e. The highest BCUT2D eigenvalue weighted by Gasteiger charge is 2.39. The molecule has 1 aromatic heterocycles. The lowest BCUT2D eigenvalue weighted by atomic mass is 10.0. The number of nitrogens with zero attached hydrogens (tertiary/aromatic N) is 2. The number of amides is 5. The predicted octanol–water partition coefficient (Wildman–Crippen LogP) is 3.25. The molecule has 0 radical (unpaired) electrons. The molecule has 1 unspecified atom stereocenters. The molecule has 0 bridgehead atoms. The second-order valence-electron chi connectivity index (χ2n) is 9.11. The number of hydrogen-bond donors (Lipinski definition) is 3. The largest absolute Gasteiger partial charge is 0.326 e. The summed E-state index contributed by atoms with van der Waals surface area (Å²) in [4.78, 5) is 55.2. The van der Waals surface area contributed by atoms with Gasteiger partial charge < -0.3 is 15.5 Å². The highest BCUT2D eigenvalue weighted by Crippen LogP contribution is 2.31. The zero-order valence-electron chi connectivity index (χ0n) is 19.0. The van der Waals surface area contributed by atoms with Crippen molar-refractivity contribution >= 4 is 51.0 Å². The van der Waals surface area contributed by atoms with Crippen LogP contribution in [0.1, 0.15) is 47.6 Å². The third-order valence-electron chi connectivity index (χ3n) is 6.09. The van der Waals surface area contributed by atoms with Crippen LogP contribution in [0.5, 0.6) is 0 Å². The SMILES string of the molecule is CC(C)(NC(=O)Nc1ccc2c(c1)CN(C1CCC(=O)NC1=O)C2=O)c1nc2ccc(F)cc2s1. The molecule has 2 aliphatic heterocycles. The third-order valence-corrected chi connectivity index (χ3v) is 7.43. The van der Waals surface area contributed by atoms with Gasteiger partial charge in [-0.1, -0.05) is 0 Å². The first-order valence-corrected chi connectivity index (χ1v) is 11.9. The molecule has 2 aromatic carbocycles. The van der Waals surface area contributed by atoms with E-state index in [0.717, 1.165) is 0 Å². The summed E-state index contributed by atoms with van der Waals surface area (Å²) in [5.74, 6) is -1.44. The molecule has 0 spiro atoms. The molecule has 9 nitrogen and oxygen atoms in total. The second kappa shape index (κ2) is 8.42. The van der Waals surface area contributed by atoms with Gasteiger partial charge in [-0.05, 0) is 62.2 Å². The summed E-state index contributed by atoms with van der Waals surface area (Å²) in [7, 11) is 0. The highest BCUT2D eigenvalue weighted by atomic mass is 32.1. The zero-order valence-corrected chi connectivity index (χ0v) is 19.8. The monoisotopic (exact) mass is 495 g/mol. The molecule has 3 N–H and O–H groups in total. The lowest BCUT2D eigenvalue weighted by molar-refractivity contribution is -0.136. The molecular formula is C24H22FN5O4S. The second-order valence-corrected chi connectivity index (χ2v) is 10.1. The Balaban J connectivity index is 1.27. The number of carbonyl (C=O) groups excluding carboxylic acids is 4. The van der Waals surface area contributed by atoms with Gasteiger partial charge in [0, 0.05) is 24.2 Å². The van der Waals surface area contributed by atoms with E-state index in [1.165, 1.54) is 28.4 Å². The molecule has 0 saturated carbocycles. The van der Waals surface area contributed by atoms with Gasteiger partial charge in [0.1, 0.15) is 16.9 Å². The molecule has 3 aromatic rings. The molecule has 0 aliphatic carbocycles. The van der Waals surface area contributed by atoms with Crippen LogP contribution in [-0.4, -0.2) is 39.7 Å². The Morgan fingerprint density at radius 3 is 2.77 bits per heavy atom. The Labute approximate surface area is 203 Å². The zero-order chi connectivity index (χ0) is 24.9. The first kappa shape index (κ1) is 22.9. The van der Waals surface area contributed by atoms with E-state index in [4.69, 9.17) is 0 Å². The molecule has 35 heavy (non-hydrogen) atoms. The highest BCUT2D eigenvalue weighted by molar-refractivity contribution is 7.18. The number of fused-ring (bicyclic) bond motifs is 2. The van der Waals surface area contributed by atoms with Crippen molar-refractivity contribution in [3.05, 3.63) is 58.3 Å². The van der Waals surface area contributed by atoms with Gasteiger partial charge in [0.15, 0.2) is 0 Å². The van der Waals surface area contributed by atoms with Crippen molar-refractivity contribution in [2.75, 3.05) is 5.32 Å². The van der Waals surface area contributed by atoms with Crippen LogP contribution < -0.4 is 16.0 Å². The van der Waals surface area contributed by atoms with Crippen LogP contribution in [-0.2, 0) is 21.7 Å².